The average molecular weight is 264 g/mol. The maximum absolute atomic E-state index is 11.5. The zero-order valence-corrected chi connectivity index (χ0v) is 11.1. The van der Waals surface area contributed by atoms with E-state index in [1.165, 1.54) is 0 Å². The van der Waals surface area contributed by atoms with Crippen LogP contribution in [0.1, 0.15) is 31.2 Å². The summed E-state index contributed by atoms with van der Waals surface area (Å²) >= 11 is 0. The Bertz CT molecular complexity index is 448. The van der Waals surface area contributed by atoms with Crippen LogP contribution in [0.2, 0.25) is 0 Å². The third kappa shape index (κ3) is 3.38. The summed E-state index contributed by atoms with van der Waals surface area (Å²) in [7, 11) is 0. The summed E-state index contributed by atoms with van der Waals surface area (Å²) in [6.45, 7) is 3.36. The first kappa shape index (κ1) is 13.7. The Kier molecular flexibility index (Phi) is 4.63. The van der Waals surface area contributed by atoms with Gasteiger partial charge >= 0.3 is 0 Å². The zero-order chi connectivity index (χ0) is 13.7. The van der Waals surface area contributed by atoms with E-state index >= 15 is 0 Å². The number of hydrogen-bond donors (Lipinski definition) is 2. The van der Waals surface area contributed by atoms with Gasteiger partial charge in [0, 0.05) is 13.0 Å². The predicted octanol–water partition coefficient (Wildman–Crippen LogP) is 1.37. The van der Waals surface area contributed by atoms with E-state index in [1.807, 2.05) is 25.1 Å². The monoisotopic (exact) mass is 264 g/mol. The van der Waals surface area contributed by atoms with Gasteiger partial charge in [-0.3, -0.25) is 4.79 Å². The molecule has 0 saturated carbocycles. The lowest BCUT2D eigenvalue weighted by molar-refractivity contribution is -0.121. The minimum Gasteiger partial charge on any atom is -0.454 e. The van der Waals surface area contributed by atoms with Crippen LogP contribution in [0.3, 0.4) is 0 Å². The van der Waals surface area contributed by atoms with Crippen LogP contribution in [-0.4, -0.2) is 25.8 Å². The normalized spacial score (nSPS) is 14.2. The molecule has 0 aliphatic carbocycles. The molecule has 1 unspecified atom stereocenters. The number of rotatable bonds is 6. The minimum absolute atomic E-state index is 0.0710. The molecule has 0 saturated heterocycles. The van der Waals surface area contributed by atoms with Gasteiger partial charge in [-0.1, -0.05) is 6.07 Å². The molecule has 3 N–H and O–H groups in total. The van der Waals surface area contributed by atoms with Crippen LogP contribution in [0.5, 0.6) is 11.5 Å². The van der Waals surface area contributed by atoms with Gasteiger partial charge in [-0.2, -0.15) is 0 Å². The Balaban J connectivity index is 1.99. The largest absolute Gasteiger partial charge is 0.454 e. The first-order valence-electron chi connectivity index (χ1n) is 6.61. The molecule has 0 aromatic heterocycles. The van der Waals surface area contributed by atoms with Gasteiger partial charge in [0.05, 0.1) is 0 Å². The van der Waals surface area contributed by atoms with Crippen LogP contribution in [0.4, 0.5) is 0 Å². The highest BCUT2D eigenvalue weighted by Gasteiger charge is 2.17. The molecule has 0 fully saturated rings. The highest BCUT2D eigenvalue weighted by Crippen LogP contribution is 2.35. The number of fused-ring (bicyclic) bond motifs is 1. The molecule has 0 spiro atoms. The summed E-state index contributed by atoms with van der Waals surface area (Å²) in [4.78, 5) is 11.5. The van der Waals surface area contributed by atoms with Crippen LogP contribution < -0.4 is 20.5 Å². The molecule has 19 heavy (non-hydrogen) atoms. The van der Waals surface area contributed by atoms with Crippen molar-refractivity contribution in [2.75, 3.05) is 19.9 Å². The molecule has 104 valence electrons. The van der Waals surface area contributed by atoms with Crippen molar-refractivity contribution < 1.29 is 14.3 Å². The molecule has 5 nitrogen and oxygen atoms in total. The summed E-state index contributed by atoms with van der Waals surface area (Å²) in [5.74, 6) is 1.76. The molecule has 1 aromatic rings. The van der Waals surface area contributed by atoms with Crippen LogP contribution in [0.15, 0.2) is 18.2 Å². The predicted molar refractivity (Wildman–Crippen MR) is 72.3 cm³/mol. The third-order valence-corrected chi connectivity index (χ3v) is 3.25. The van der Waals surface area contributed by atoms with Crippen molar-refractivity contribution in [3.05, 3.63) is 23.8 Å². The molecule has 1 aliphatic rings. The number of amides is 1. The van der Waals surface area contributed by atoms with Gasteiger partial charge in [0.15, 0.2) is 11.5 Å². The fraction of sp³-hybridized carbons (Fsp3) is 0.500. The number of carbonyl (C=O) groups excluding carboxylic acids is 1. The summed E-state index contributed by atoms with van der Waals surface area (Å²) in [6.07, 6.45) is 1.23. The van der Waals surface area contributed by atoms with Crippen molar-refractivity contribution in [3.8, 4) is 11.5 Å². The number of carbonyl (C=O) groups is 1. The highest BCUT2D eigenvalue weighted by atomic mass is 16.7. The van der Waals surface area contributed by atoms with Crippen LogP contribution in [0, 0.1) is 0 Å². The van der Waals surface area contributed by atoms with Crippen molar-refractivity contribution in [2.45, 2.75) is 25.7 Å². The number of nitrogens with two attached hydrogens (primary N) is 1. The SMILES string of the molecule is CCNC(=O)CCC(CN)c1ccc2c(c1)OCO2. The molecule has 2 rings (SSSR count). The lowest BCUT2D eigenvalue weighted by Crippen LogP contribution is -2.24. The maximum Gasteiger partial charge on any atom is 0.231 e. The summed E-state index contributed by atoms with van der Waals surface area (Å²) in [5.41, 5.74) is 6.90. The highest BCUT2D eigenvalue weighted by molar-refractivity contribution is 5.75. The molecule has 1 heterocycles. The van der Waals surface area contributed by atoms with E-state index in [1.54, 1.807) is 0 Å². The number of nitrogens with one attached hydrogen (secondary N) is 1. The van der Waals surface area contributed by atoms with E-state index in [0.717, 1.165) is 23.5 Å². The standard InChI is InChI=1S/C14H20N2O3/c1-2-16-14(17)6-4-11(8-15)10-3-5-12-13(7-10)19-9-18-12/h3,5,7,11H,2,4,6,8-9,15H2,1H3,(H,16,17). The maximum atomic E-state index is 11.5. The molecule has 0 radical (unpaired) electrons. The molecule has 1 aromatic carbocycles. The Labute approximate surface area is 113 Å². The molecular formula is C14H20N2O3. The summed E-state index contributed by atoms with van der Waals surface area (Å²) in [5, 5.41) is 2.79. The lowest BCUT2D eigenvalue weighted by atomic mass is 9.94. The fourth-order valence-electron chi connectivity index (χ4n) is 2.18. The van der Waals surface area contributed by atoms with Crippen LogP contribution >= 0.6 is 0 Å². The smallest absolute Gasteiger partial charge is 0.231 e. The minimum atomic E-state index is 0.0710. The van der Waals surface area contributed by atoms with Gasteiger partial charge in [0.1, 0.15) is 0 Å². The Morgan fingerprint density at radius 2 is 2.21 bits per heavy atom. The lowest BCUT2D eigenvalue weighted by Gasteiger charge is -2.15. The molecule has 1 aliphatic heterocycles. The quantitative estimate of drug-likeness (QED) is 0.814. The second kappa shape index (κ2) is 6.43. The Morgan fingerprint density at radius 1 is 1.42 bits per heavy atom. The third-order valence-electron chi connectivity index (χ3n) is 3.25. The van der Waals surface area contributed by atoms with Crippen molar-refractivity contribution >= 4 is 5.91 Å². The van der Waals surface area contributed by atoms with E-state index in [2.05, 4.69) is 5.32 Å². The van der Waals surface area contributed by atoms with E-state index < -0.39 is 0 Å². The van der Waals surface area contributed by atoms with Crippen molar-refractivity contribution in [1.29, 1.82) is 0 Å². The van der Waals surface area contributed by atoms with Crippen molar-refractivity contribution in [2.24, 2.45) is 5.73 Å². The average Bonchev–Trinajstić information content (AvgIpc) is 2.87. The second-order valence-electron chi connectivity index (χ2n) is 4.54. The zero-order valence-electron chi connectivity index (χ0n) is 11.1. The van der Waals surface area contributed by atoms with Gasteiger partial charge in [-0.25, -0.2) is 0 Å². The number of hydrogen-bond acceptors (Lipinski definition) is 4. The molecule has 1 amide bonds. The number of benzene rings is 1. The van der Waals surface area contributed by atoms with Crippen LogP contribution in [0.25, 0.3) is 0 Å². The topological polar surface area (TPSA) is 73.6 Å². The summed E-state index contributed by atoms with van der Waals surface area (Å²) in [6, 6.07) is 5.84. The molecule has 1 atom stereocenters. The van der Waals surface area contributed by atoms with E-state index in [-0.39, 0.29) is 18.6 Å². The molecular weight excluding hydrogens is 244 g/mol. The van der Waals surface area contributed by atoms with Gasteiger partial charge in [-0.05, 0) is 43.5 Å². The van der Waals surface area contributed by atoms with Crippen molar-refractivity contribution in [1.82, 2.24) is 5.32 Å². The van der Waals surface area contributed by atoms with Gasteiger partial charge in [0.25, 0.3) is 0 Å². The van der Waals surface area contributed by atoms with Gasteiger partial charge < -0.3 is 20.5 Å². The van der Waals surface area contributed by atoms with E-state index in [0.29, 0.717) is 19.5 Å². The fourth-order valence-corrected chi connectivity index (χ4v) is 2.18. The molecule has 5 heteroatoms. The van der Waals surface area contributed by atoms with Crippen molar-refractivity contribution in [3.63, 3.8) is 0 Å². The Hall–Kier alpha value is -1.75. The van der Waals surface area contributed by atoms with Crippen LogP contribution in [-0.2, 0) is 4.79 Å². The second-order valence-corrected chi connectivity index (χ2v) is 4.54. The Morgan fingerprint density at radius 3 is 2.95 bits per heavy atom. The van der Waals surface area contributed by atoms with Gasteiger partial charge in [0.2, 0.25) is 12.7 Å². The van der Waals surface area contributed by atoms with Gasteiger partial charge in [-0.15, -0.1) is 0 Å². The van der Waals surface area contributed by atoms with E-state index in [4.69, 9.17) is 15.2 Å². The number of ether oxygens (including phenoxy) is 2. The first-order chi connectivity index (χ1) is 9.24. The molecule has 0 bridgehead atoms. The first-order valence-corrected chi connectivity index (χ1v) is 6.61. The summed E-state index contributed by atoms with van der Waals surface area (Å²) < 4.78 is 10.6. The van der Waals surface area contributed by atoms with E-state index in [9.17, 15) is 4.79 Å².